The zero-order valence-electron chi connectivity index (χ0n) is 12.0. The van der Waals surface area contributed by atoms with Crippen LogP contribution < -0.4 is 4.74 Å². The minimum absolute atomic E-state index is 0.328. The Kier molecular flexibility index (Phi) is 4.86. The van der Waals surface area contributed by atoms with Gasteiger partial charge < -0.3 is 9.84 Å². The van der Waals surface area contributed by atoms with Crippen molar-refractivity contribution in [2.45, 2.75) is 19.3 Å². The summed E-state index contributed by atoms with van der Waals surface area (Å²) in [6.07, 6.45) is 0.328. The van der Waals surface area contributed by atoms with Crippen molar-refractivity contribution in [2.24, 2.45) is 0 Å². The highest BCUT2D eigenvalue weighted by molar-refractivity contribution is 6.31. The summed E-state index contributed by atoms with van der Waals surface area (Å²) in [5, 5.41) is 10.2. The lowest BCUT2D eigenvalue weighted by molar-refractivity contribution is -0.138. The molecule has 0 saturated carbocycles. The maximum absolute atomic E-state index is 11.7. The molecule has 3 nitrogen and oxygen atoms in total. The van der Waals surface area contributed by atoms with Crippen LogP contribution in [0.2, 0.25) is 5.02 Å². The van der Waals surface area contributed by atoms with Gasteiger partial charge in [0.2, 0.25) is 0 Å². The summed E-state index contributed by atoms with van der Waals surface area (Å²) in [5.74, 6) is -1.00. The van der Waals surface area contributed by atoms with E-state index in [0.29, 0.717) is 22.8 Å². The molecule has 4 heteroatoms. The van der Waals surface area contributed by atoms with Gasteiger partial charge in [-0.25, -0.2) is 0 Å². The van der Waals surface area contributed by atoms with E-state index >= 15 is 0 Å². The summed E-state index contributed by atoms with van der Waals surface area (Å²) < 4.78 is 5.30. The van der Waals surface area contributed by atoms with Crippen LogP contribution in [0.4, 0.5) is 0 Å². The Labute approximate surface area is 129 Å². The van der Waals surface area contributed by atoms with Crippen LogP contribution in [0.3, 0.4) is 0 Å². The van der Waals surface area contributed by atoms with Gasteiger partial charge in [-0.3, -0.25) is 4.79 Å². The fourth-order valence-electron chi connectivity index (χ4n) is 2.34. The number of rotatable bonds is 5. The van der Waals surface area contributed by atoms with E-state index in [1.807, 2.05) is 37.3 Å². The second-order valence-electron chi connectivity index (χ2n) is 4.93. The minimum atomic E-state index is -0.890. The number of aliphatic carboxylic acids is 1. The first kappa shape index (κ1) is 15.4. The first-order valence-electron chi connectivity index (χ1n) is 6.63. The van der Waals surface area contributed by atoms with Gasteiger partial charge in [0.05, 0.1) is 13.0 Å². The van der Waals surface area contributed by atoms with Crippen LogP contribution in [0.15, 0.2) is 42.5 Å². The van der Waals surface area contributed by atoms with Crippen LogP contribution in [0.5, 0.6) is 5.75 Å². The van der Waals surface area contributed by atoms with Gasteiger partial charge in [-0.2, -0.15) is 0 Å². The van der Waals surface area contributed by atoms with Crippen molar-refractivity contribution < 1.29 is 14.6 Å². The molecule has 0 spiro atoms. The Morgan fingerprint density at radius 2 is 2.00 bits per heavy atom. The third kappa shape index (κ3) is 3.56. The van der Waals surface area contributed by atoms with E-state index < -0.39 is 11.9 Å². The number of aryl methyl sites for hydroxylation is 1. The highest BCUT2D eigenvalue weighted by atomic mass is 35.5. The highest BCUT2D eigenvalue weighted by Gasteiger charge is 2.24. The highest BCUT2D eigenvalue weighted by Crippen LogP contribution is 2.32. The lowest BCUT2D eigenvalue weighted by atomic mass is 9.90. The molecule has 2 rings (SSSR count). The third-order valence-electron chi connectivity index (χ3n) is 3.44. The second-order valence-corrected chi connectivity index (χ2v) is 5.34. The second kappa shape index (κ2) is 6.64. The van der Waals surface area contributed by atoms with Gasteiger partial charge in [-0.05, 0) is 31.0 Å². The molecule has 0 aliphatic rings. The predicted octanol–water partition coefficient (Wildman–Crippen LogP) is 4.07. The molecule has 0 fully saturated rings. The van der Waals surface area contributed by atoms with Crippen molar-refractivity contribution >= 4 is 17.6 Å². The van der Waals surface area contributed by atoms with E-state index in [-0.39, 0.29) is 0 Å². The Hall–Kier alpha value is -2.00. The van der Waals surface area contributed by atoms with E-state index in [1.165, 1.54) is 0 Å². The number of ether oxygens (including phenoxy) is 1. The van der Waals surface area contributed by atoms with Gasteiger partial charge in [0, 0.05) is 10.6 Å². The fraction of sp³-hybridized carbons (Fsp3) is 0.235. The average molecular weight is 305 g/mol. The topological polar surface area (TPSA) is 46.5 Å². The van der Waals surface area contributed by atoms with Crippen LogP contribution in [-0.2, 0) is 11.2 Å². The van der Waals surface area contributed by atoms with Gasteiger partial charge in [-0.1, -0.05) is 47.5 Å². The van der Waals surface area contributed by atoms with Crippen LogP contribution in [-0.4, -0.2) is 18.2 Å². The quantitative estimate of drug-likeness (QED) is 0.906. The predicted molar refractivity (Wildman–Crippen MR) is 83.3 cm³/mol. The third-order valence-corrected chi connectivity index (χ3v) is 3.81. The van der Waals surface area contributed by atoms with Crippen molar-refractivity contribution in [3.63, 3.8) is 0 Å². The van der Waals surface area contributed by atoms with E-state index in [1.54, 1.807) is 19.2 Å². The fourth-order valence-corrected chi connectivity index (χ4v) is 2.55. The van der Waals surface area contributed by atoms with Crippen molar-refractivity contribution in [1.82, 2.24) is 0 Å². The lowest BCUT2D eigenvalue weighted by Crippen LogP contribution is -2.16. The summed E-state index contributed by atoms with van der Waals surface area (Å²) in [5.41, 5.74) is 2.48. The maximum Gasteiger partial charge on any atom is 0.311 e. The molecule has 0 amide bonds. The van der Waals surface area contributed by atoms with Crippen molar-refractivity contribution in [3.05, 3.63) is 64.2 Å². The van der Waals surface area contributed by atoms with Crippen molar-refractivity contribution in [3.8, 4) is 5.75 Å². The molecule has 0 bridgehead atoms. The molecule has 1 unspecified atom stereocenters. The Balaban J connectivity index is 2.43. The number of halogens is 1. The number of benzene rings is 2. The Morgan fingerprint density at radius 3 is 2.62 bits per heavy atom. The van der Waals surface area contributed by atoms with Crippen molar-refractivity contribution in [2.75, 3.05) is 7.11 Å². The number of carbonyl (C=O) groups is 1. The molecule has 110 valence electrons. The van der Waals surface area contributed by atoms with Crippen molar-refractivity contribution in [1.29, 1.82) is 0 Å². The van der Waals surface area contributed by atoms with Crippen LogP contribution in [0.1, 0.15) is 22.6 Å². The van der Waals surface area contributed by atoms with Crippen LogP contribution in [0, 0.1) is 6.92 Å². The largest absolute Gasteiger partial charge is 0.496 e. The van der Waals surface area contributed by atoms with E-state index in [0.717, 1.165) is 11.1 Å². The van der Waals surface area contributed by atoms with Gasteiger partial charge in [-0.15, -0.1) is 0 Å². The monoisotopic (exact) mass is 304 g/mol. The number of carboxylic acid groups (broad SMARTS) is 1. The smallest absolute Gasteiger partial charge is 0.311 e. The average Bonchev–Trinajstić information content (AvgIpc) is 2.46. The van der Waals surface area contributed by atoms with Gasteiger partial charge >= 0.3 is 5.97 Å². The normalized spacial score (nSPS) is 12.0. The summed E-state index contributed by atoms with van der Waals surface area (Å²) in [7, 11) is 1.54. The number of hydrogen-bond donors (Lipinski definition) is 1. The van der Waals surface area contributed by atoms with E-state index in [9.17, 15) is 9.90 Å². The number of carboxylic acids is 1. The molecule has 1 N–H and O–H groups in total. The standard InChI is InChI=1S/C17H17ClO3/c1-11-7-8-16(21-2)13(9-11)14(17(19)20)10-12-5-3-4-6-15(12)18/h3-9,14H,10H2,1-2H3,(H,19,20). The molecule has 0 radical (unpaired) electrons. The first-order valence-corrected chi connectivity index (χ1v) is 7.01. The molecular weight excluding hydrogens is 288 g/mol. The molecule has 2 aromatic carbocycles. The summed E-state index contributed by atoms with van der Waals surface area (Å²) >= 11 is 6.14. The van der Waals surface area contributed by atoms with E-state index in [4.69, 9.17) is 16.3 Å². The van der Waals surface area contributed by atoms with Gasteiger partial charge in [0.1, 0.15) is 5.75 Å². The summed E-state index contributed by atoms with van der Waals surface area (Å²) in [6, 6.07) is 12.9. The lowest BCUT2D eigenvalue weighted by Gasteiger charge is -2.17. The van der Waals surface area contributed by atoms with E-state index in [2.05, 4.69) is 0 Å². The zero-order valence-corrected chi connectivity index (χ0v) is 12.7. The Bertz CT molecular complexity index is 652. The molecule has 2 aromatic rings. The van der Waals surface area contributed by atoms with Gasteiger partial charge in [0.25, 0.3) is 0 Å². The molecule has 1 atom stereocenters. The van der Waals surface area contributed by atoms with Crippen LogP contribution >= 0.6 is 11.6 Å². The molecule has 21 heavy (non-hydrogen) atoms. The molecule has 0 heterocycles. The number of hydrogen-bond acceptors (Lipinski definition) is 2. The molecule has 0 aliphatic heterocycles. The minimum Gasteiger partial charge on any atom is -0.496 e. The summed E-state index contributed by atoms with van der Waals surface area (Å²) in [6.45, 7) is 1.93. The first-order chi connectivity index (χ1) is 10.0. The maximum atomic E-state index is 11.7. The van der Waals surface area contributed by atoms with Gasteiger partial charge in [0.15, 0.2) is 0 Å². The zero-order chi connectivity index (χ0) is 15.4. The molecule has 0 aliphatic carbocycles. The molecule has 0 aromatic heterocycles. The van der Waals surface area contributed by atoms with Crippen LogP contribution in [0.25, 0.3) is 0 Å². The number of methoxy groups -OCH3 is 1. The summed E-state index contributed by atoms with van der Waals surface area (Å²) in [4.78, 5) is 11.7. The SMILES string of the molecule is COc1ccc(C)cc1C(Cc1ccccc1Cl)C(=O)O. The molecule has 0 saturated heterocycles. The Morgan fingerprint density at radius 1 is 1.29 bits per heavy atom. The molecular formula is C17H17ClO3.